The van der Waals surface area contributed by atoms with Gasteiger partial charge in [-0.05, 0) is 18.2 Å². The normalized spacial score (nSPS) is 20.8. The lowest BCUT2D eigenvalue weighted by Gasteiger charge is -2.34. The molecule has 2 rings (SSSR count). The van der Waals surface area contributed by atoms with Gasteiger partial charge in [-0.25, -0.2) is 4.39 Å². The number of thioether (sulfide) groups is 1. The zero-order chi connectivity index (χ0) is 10.1. The number of hydrogen-bond acceptors (Lipinski definition) is 3. The fourth-order valence-electron chi connectivity index (χ4n) is 1.61. The van der Waals surface area contributed by atoms with Crippen LogP contribution in [-0.2, 0) is 0 Å². The smallest absolute Gasteiger partial charge is 0.125 e. The van der Waals surface area contributed by atoms with Crippen molar-refractivity contribution in [1.82, 2.24) is 0 Å². The van der Waals surface area contributed by atoms with Gasteiger partial charge >= 0.3 is 0 Å². The lowest BCUT2D eigenvalue weighted by atomic mass is 10.2. The third-order valence-electron chi connectivity index (χ3n) is 2.55. The van der Waals surface area contributed by atoms with E-state index >= 15 is 0 Å². The third-order valence-corrected chi connectivity index (χ3v) is 3.76. The molecule has 1 aliphatic heterocycles. The molecule has 2 nitrogen and oxygen atoms in total. The van der Waals surface area contributed by atoms with Crippen molar-refractivity contribution >= 4 is 17.4 Å². The van der Waals surface area contributed by atoms with E-state index in [0.717, 1.165) is 16.3 Å². The van der Waals surface area contributed by atoms with E-state index in [1.54, 1.807) is 17.8 Å². The van der Waals surface area contributed by atoms with Crippen molar-refractivity contribution < 1.29 is 4.39 Å². The number of fused-ring (bicyclic) bond motifs is 1. The van der Waals surface area contributed by atoms with Gasteiger partial charge in [0.15, 0.2) is 0 Å². The average Bonchev–Trinajstić information content (AvgIpc) is 2.20. The number of nitrogens with zero attached hydrogens (tertiary/aromatic N) is 1. The highest BCUT2D eigenvalue weighted by atomic mass is 32.2. The predicted octanol–water partition coefficient (Wildman–Crippen LogP) is 1.69. The van der Waals surface area contributed by atoms with Crippen LogP contribution in [0.25, 0.3) is 0 Å². The van der Waals surface area contributed by atoms with Crippen LogP contribution < -0.4 is 10.6 Å². The van der Waals surface area contributed by atoms with Gasteiger partial charge in [0.2, 0.25) is 0 Å². The second-order valence-corrected chi connectivity index (χ2v) is 4.49. The molecule has 1 aromatic carbocycles. The molecular formula is C10H13FN2S. The molecule has 0 aromatic heterocycles. The van der Waals surface area contributed by atoms with Crippen molar-refractivity contribution in [2.75, 3.05) is 24.2 Å². The van der Waals surface area contributed by atoms with Crippen LogP contribution in [0, 0.1) is 5.82 Å². The summed E-state index contributed by atoms with van der Waals surface area (Å²) in [5, 5.41) is 0. The zero-order valence-corrected chi connectivity index (χ0v) is 8.85. The molecule has 0 bridgehead atoms. The number of halogens is 1. The van der Waals surface area contributed by atoms with E-state index in [1.165, 1.54) is 6.07 Å². The van der Waals surface area contributed by atoms with Crippen molar-refractivity contribution in [3.05, 3.63) is 24.0 Å². The molecule has 1 aliphatic rings. The highest BCUT2D eigenvalue weighted by Gasteiger charge is 2.22. The van der Waals surface area contributed by atoms with Crippen molar-refractivity contribution in [3.63, 3.8) is 0 Å². The second-order valence-electron chi connectivity index (χ2n) is 3.42. The van der Waals surface area contributed by atoms with Crippen molar-refractivity contribution in [3.8, 4) is 0 Å². The molecule has 0 spiro atoms. The summed E-state index contributed by atoms with van der Waals surface area (Å²) in [6.45, 7) is 0.611. The number of nitrogens with two attached hydrogens (primary N) is 1. The minimum absolute atomic E-state index is 0.186. The highest BCUT2D eigenvalue weighted by molar-refractivity contribution is 7.99. The largest absolute Gasteiger partial charge is 0.369 e. The third kappa shape index (κ3) is 1.60. The number of rotatable bonds is 1. The lowest BCUT2D eigenvalue weighted by Crippen LogP contribution is -2.42. The Hall–Kier alpha value is -0.740. The molecule has 1 atom stereocenters. The Labute approximate surface area is 87.3 Å². The molecule has 1 heterocycles. The Bertz CT molecular complexity index is 343. The van der Waals surface area contributed by atoms with E-state index < -0.39 is 0 Å². The Morgan fingerprint density at radius 1 is 1.64 bits per heavy atom. The van der Waals surface area contributed by atoms with Crippen molar-refractivity contribution in [1.29, 1.82) is 0 Å². The van der Waals surface area contributed by atoms with E-state index in [4.69, 9.17) is 5.73 Å². The van der Waals surface area contributed by atoms with Crippen molar-refractivity contribution in [2.24, 2.45) is 5.73 Å². The van der Waals surface area contributed by atoms with Gasteiger partial charge in [0.25, 0.3) is 0 Å². The van der Waals surface area contributed by atoms with Gasteiger partial charge in [-0.1, -0.05) is 0 Å². The summed E-state index contributed by atoms with van der Waals surface area (Å²) in [6, 6.07) is 5.22. The SMILES string of the molecule is CN1c2cc(F)ccc2SCC1CN. The maximum absolute atomic E-state index is 13.0. The molecule has 4 heteroatoms. The summed E-state index contributed by atoms with van der Waals surface area (Å²) in [5.74, 6) is 0.792. The summed E-state index contributed by atoms with van der Waals surface area (Å²) < 4.78 is 13.0. The Kier molecular flexibility index (Phi) is 2.65. The van der Waals surface area contributed by atoms with Gasteiger partial charge in [-0.15, -0.1) is 11.8 Å². The van der Waals surface area contributed by atoms with Crippen LogP contribution in [0.1, 0.15) is 0 Å². The van der Waals surface area contributed by atoms with E-state index in [1.807, 2.05) is 13.1 Å². The summed E-state index contributed by atoms with van der Waals surface area (Å²) in [7, 11) is 1.97. The molecule has 0 saturated heterocycles. The van der Waals surface area contributed by atoms with Gasteiger partial charge in [0.05, 0.1) is 11.7 Å². The topological polar surface area (TPSA) is 29.3 Å². The van der Waals surface area contributed by atoms with Gasteiger partial charge in [0, 0.05) is 24.2 Å². The first-order valence-electron chi connectivity index (χ1n) is 4.57. The van der Waals surface area contributed by atoms with Gasteiger partial charge in [0.1, 0.15) is 5.82 Å². The fourth-order valence-corrected chi connectivity index (χ4v) is 2.86. The molecule has 2 N–H and O–H groups in total. The molecule has 0 radical (unpaired) electrons. The van der Waals surface area contributed by atoms with E-state index in [-0.39, 0.29) is 5.82 Å². The maximum atomic E-state index is 13.0. The van der Waals surface area contributed by atoms with Crippen LogP contribution >= 0.6 is 11.8 Å². The van der Waals surface area contributed by atoms with Crippen LogP contribution in [0.4, 0.5) is 10.1 Å². The molecule has 14 heavy (non-hydrogen) atoms. The number of benzene rings is 1. The van der Waals surface area contributed by atoms with Gasteiger partial charge in [-0.3, -0.25) is 0 Å². The molecule has 0 fully saturated rings. The summed E-state index contributed by atoms with van der Waals surface area (Å²) in [4.78, 5) is 3.20. The Morgan fingerprint density at radius 3 is 3.14 bits per heavy atom. The first kappa shape index (κ1) is 9.80. The summed E-state index contributed by atoms with van der Waals surface area (Å²) >= 11 is 1.75. The quantitative estimate of drug-likeness (QED) is 0.768. The molecule has 0 aliphatic carbocycles. The van der Waals surface area contributed by atoms with Crippen LogP contribution in [0.3, 0.4) is 0 Å². The molecule has 76 valence electrons. The zero-order valence-electron chi connectivity index (χ0n) is 8.03. The number of anilines is 1. The van der Waals surface area contributed by atoms with E-state index in [2.05, 4.69) is 4.90 Å². The highest BCUT2D eigenvalue weighted by Crippen LogP contribution is 2.36. The molecule has 0 saturated carbocycles. The van der Waals surface area contributed by atoms with Crippen molar-refractivity contribution in [2.45, 2.75) is 10.9 Å². The van der Waals surface area contributed by atoms with Crippen LogP contribution in [0.5, 0.6) is 0 Å². The number of hydrogen-bond donors (Lipinski definition) is 1. The van der Waals surface area contributed by atoms with E-state index in [9.17, 15) is 4.39 Å². The summed E-state index contributed by atoms with van der Waals surface area (Å²) in [6.07, 6.45) is 0. The maximum Gasteiger partial charge on any atom is 0.125 e. The molecule has 1 unspecified atom stereocenters. The van der Waals surface area contributed by atoms with Crippen LogP contribution in [0.2, 0.25) is 0 Å². The summed E-state index contributed by atoms with van der Waals surface area (Å²) in [5.41, 5.74) is 6.60. The molecule has 0 amide bonds. The second kappa shape index (κ2) is 3.79. The van der Waals surface area contributed by atoms with Gasteiger partial charge in [-0.2, -0.15) is 0 Å². The predicted molar refractivity (Wildman–Crippen MR) is 58.4 cm³/mol. The van der Waals surface area contributed by atoms with Crippen LogP contribution in [-0.4, -0.2) is 25.4 Å². The minimum atomic E-state index is -0.186. The van der Waals surface area contributed by atoms with E-state index in [0.29, 0.717) is 12.6 Å². The molecular weight excluding hydrogens is 199 g/mol. The molecule has 1 aromatic rings. The van der Waals surface area contributed by atoms with Crippen LogP contribution in [0.15, 0.2) is 23.1 Å². The average molecular weight is 212 g/mol. The standard InChI is InChI=1S/C10H13FN2S/c1-13-8(5-12)6-14-10-3-2-7(11)4-9(10)13/h2-4,8H,5-6,12H2,1H3. The van der Waals surface area contributed by atoms with Gasteiger partial charge < -0.3 is 10.6 Å². The Balaban J connectivity index is 2.38. The Morgan fingerprint density at radius 2 is 2.43 bits per heavy atom. The fraction of sp³-hybridized carbons (Fsp3) is 0.400. The monoisotopic (exact) mass is 212 g/mol. The first-order valence-corrected chi connectivity index (χ1v) is 5.56. The number of likely N-dealkylation sites (N-methyl/N-ethyl adjacent to an activating group) is 1. The lowest BCUT2D eigenvalue weighted by molar-refractivity contribution is 0.621. The minimum Gasteiger partial charge on any atom is -0.369 e. The first-order chi connectivity index (χ1) is 6.72.